The first kappa shape index (κ1) is 13.3. The Morgan fingerprint density at radius 1 is 1.32 bits per heavy atom. The molecule has 1 heterocycles. The summed E-state index contributed by atoms with van der Waals surface area (Å²) in [5.74, 6) is -0.0528. The molecule has 0 aliphatic carbocycles. The molecule has 4 heteroatoms. The number of para-hydroxylation sites is 2. The van der Waals surface area contributed by atoms with Crippen molar-refractivity contribution in [3.05, 3.63) is 35.9 Å². The fourth-order valence-corrected chi connectivity index (χ4v) is 2.15. The van der Waals surface area contributed by atoms with Crippen LogP contribution in [0.25, 0.3) is 0 Å². The number of anilines is 2. The van der Waals surface area contributed by atoms with Crippen molar-refractivity contribution in [1.29, 1.82) is 0 Å². The predicted molar refractivity (Wildman–Crippen MR) is 76.1 cm³/mol. The normalized spacial score (nSPS) is 14.4. The van der Waals surface area contributed by atoms with Crippen molar-refractivity contribution in [1.82, 2.24) is 0 Å². The average molecular weight is 258 g/mol. The Bertz CT molecular complexity index is 531. The summed E-state index contributed by atoms with van der Waals surface area (Å²) >= 11 is 0. The van der Waals surface area contributed by atoms with E-state index in [-0.39, 0.29) is 11.8 Å². The number of carbonyl (C=O) groups excluding carboxylic acids is 2. The van der Waals surface area contributed by atoms with E-state index in [1.54, 1.807) is 11.0 Å². The molecule has 0 radical (unpaired) electrons. The Labute approximate surface area is 113 Å². The number of carbonyl (C=O) groups is 2. The quantitative estimate of drug-likeness (QED) is 0.847. The van der Waals surface area contributed by atoms with Gasteiger partial charge in [-0.25, -0.2) is 0 Å². The topological polar surface area (TPSA) is 49.4 Å². The molecule has 2 rings (SSSR count). The Balaban J connectivity index is 2.24. The lowest BCUT2D eigenvalue weighted by Gasteiger charge is -2.19. The molecule has 0 atom stereocenters. The van der Waals surface area contributed by atoms with Crippen molar-refractivity contribution in [3.63, 3.8) is 0 Å². The van der Waals surface area contributed by atoms with Gasteiger partial charge in [-0.3, -0.25) is 9.59 Å². The van der Waals surface area contributed by atoms with Crippen LogP contribution >= 0.6 is 0 Å². The van der Waals surface area contributed by atoms with Gasteiger partial charge in [0, 0.05) is 19.0 Å². The standard InChI is InChI=1S/C15H18N2O2/c1-11(2)10-14(18)16-12-6-3-4-7-13(12)17-9-5-8-15(17)19/h3-4,6-7,10H,5,8-9H2,1-2H3,(H,16,18). The van der Waals surface area contributed by atoms with Gasteiger partial charge in [0.25, 0.3) is 0 Å². The highest BCUT2D eigenvalue weighted by Gasteiger charge is 2.23. The first-order valence-corrected chi connectivity index (χ1v) is 6.43. The van der Waals surface area contributed by atoms with Gasteiger partial charge in [-0.2, -0.15) is 0 Å². The van der Waals surface area contributed by atoms with Crippen LogP contribution in [0.2, 0.25) is 0 Å². The number of hydrogen-bond acceptors (Lipinski definition) is 2. The van der Waals surface area contributed by atoms with Gasteiger partial charge in [0.15, 0.2) is 0 Å². The van der Waals surface area contributed by atoms with Crippen molar-refractivity contribution < 1.29 is 9.59 Å². The molecular weight excluding hydrogens is 240 g/mol. The van der Waals surface area contributed by atoms with Crippen LogP contribution in [0.4, 0.5) is 11.4 Å². The molecule has 1 fully saturated rings. The third kappa shape index (κ3) is 3.22. The first-order chi connectivity index (χ1) is 9.08. The third-order valence-electron chi connectivity index (χ3n) is 2.95. The smallest absolute Gasteiger partial charge is 0.248 e. The molecule has 0 saturated carbocycles. The lowest BCUT2D eigenvalue weighted by atomic mass is 10.2. The van der Waals surface area contributed by atoms with E-state index in [1.165, 1.54) is 0 Å². The molecular formula is C15H18N2O2. The van der Waals surface area contributed by atoms with Crippen molar-refractivity contribution >= 4 is 23.2 Å². The summed E-state index contributed by atoms with van der Waals surface area (Å²) in [4.78, 5) is 25.3. The van der Waals surface area contributed by atoms with Gasteiger partial charge in [-0.15, -0.1) is 0 Å². The van der Waals surface area contributed by atoms with Gasteiger partial charge in [0.2, 0.25) is 11.8 Å². The molecule has 0 spiro atoms. The summed E-state index contributed by atoms with van der Waals surface area (Å²) in [7, 11) is 0. The minimum absolute atomic E-state index is 0.115. The van der Waals surface area contributed by atoms with E-state index in [9.17, 15) is 9.59 Å². The lowest BCUT2D eigenvalue weighted by Crippen LogP contribution is -2.25. The molecule has 0 aromatic heterocycles. The number of allylic oxidation sites excluding steroid dienone is 1. The van der Waals surface area contributed by atoms with Gasteiger partial charge in [-0.05, 0) is 32.4 Å². The molecule has 1 aliphatic rings. The van der Waals surface area contributed by atoms with Gasteiger partial charge in [0.1, 0.15) is 0 Å². The zero-order valence-corrected chi connectivity index (χ0v) is 11.3. The number of rotatable bonds is 3. The Morgan fingerprint density at radius 2 is 2.05 bits per heavy atom. The second-order valence-corrected chi connectivity index (χ2v) is 4.88. The lowest BCUT2D eigenvalue weighted by molar-refractivity contribution is -0.117. The molecule has 19 heavy (non-hydrogen) atoms. The third-order valence-corrected chi connectivity index (χ3v) is 2.95. The number of hydrogen-bond donors (Lipinski definition) is 1. The Hall–Kier alpha value is -2.10. The molecule has 2 amide bonds. The number of benzene rings is 1. The SMILES string of the molecule is CC(C)=CC(=O)Nc1ccccc1N1CCCC1=O. The average Bonchev–Trinajstić information content (AvgIpc) is 2.75. The van der Waals surface area contributed by atoms with Crippen molar-refractivity contribution in [3.8, 4) is 0 Å². The van der Waals surface area contributed by atoms with Gasteiger partial charge >= 0.3 is 0 Å². The van der Waals surface area contributed by atoms with Gasteiger partial charge in [-0.1, -0.05) is 17.7 Å². The summed E-state index contributed by atoms with van der Waals surface area (Å²) in [6.07, 6.45) is 2.99. The van der Waals surface area contributed by atoms with Crippen LogP contribution in [0.3, 0.4) is 0 Å². The summed E-state index contributed by atoms with van der Waals surface area (Å²) in [6.45, 7) is 4.46. The predicted octanol–water partition coefficient (Wildman–Crippen LogP) is 2.72. The van der Waals surface area contributed by atoms with Gasteiger partial charge in [0.05, 0.1) is 11.4 Å². The molecule has 1 aliphatic heterocycles. The first-order valence-electron chi connectivity index (χ1n) is 6.43. The van der Waals surface area contributed by atoms with Crippen LogP contribution in [0.5, 0.6) is 0 Å². The zero-order chi connectivity index (χ0) is 13.8. The van der Waals surface area contributed by atoms with Crippen LogP contribution in [-0.4, -0.2) is 18.4 Å². The van der Waals surface area contributed by atoms with Crippen molar-refractivity contribution in [2.45, 2.75) is 26.7 Å². The van der Waals surface area contributed by atoms with E-state index < -0.39 is 0 Å². The van der Waals surface area contributed by atoms with E-state index in [0.29, 0.717) is 18.7 Å². The number of nitrogens with one attached hydrogen (secondary N) is 1. The summed E-state index contributed by atoms with van der Waals surface area (Å²) < 4.78 is 0. The zero-order valence-electron chi connectivity index (χ0n) is 11.3. The Morgan fingerprint density at radius 3 is 2.68 bits per heavy atom. The molecule has 4 nitrogen and oxygen atoms in total. The second kappa shape index (κ2) is 5.69. The maximum absolute atomic E-state index is 11.8. The molecule has 1 saturated heterocycles. The second-order valence-electron chi connectivity index (χ2n) is 4.88. The summed E-state index contributed by atoms with van der Waals surface area (Å²) in [6, 6.07) is 7.40. The molecule has 1 aromatic rings. The molecule has 0 unspecified atom stereocenters. The molecule has 100 valence electrons. The van der Waals surface area contributed by atoms with E-state index in [0.717, 1.165) is 17.7 Å². The minimum atomic E-state index is -0.168. The van der Waals surface area contributed by atoms with Crippen LogP contribution in [0.15, 0.2) is 35.9 Å². The minimum Gasteiger partial charge on any atom is -0.321 e. The maximum atomic E-state index is 11.8. The fourth-order valence-electron chi connectivity index (χ4n) is 2.15. The Kier molecular flexibility index (Phi) is 4.00. The van der Waals surface area contributed by atoms with E-state index >= 15 is 0 Å². The van der Waals surface area contributed by atoms with Crippen molar-refractivity contribution in [2.24, 2.45) is 0 Å². The van der Waals surface area contributed by atoms with Crippen molar-refractivity contribution in [2.75, 3.05) is 16.8 Å². The fraction of sp³-hybridized carbons (Fsp3) is 0.333. The van der Waals surface area contributed by atoms with Gasteiger partial charge < -0.3 is 10.2 Å². The molecule has 1 aromatic carbocycles. The van der Waals surface area contributed by atoms with E-state index in [1.807, 2.05) is 38.1 Å². The number of nitrogens with zero attached hydrogens (tertiary/aromatic N) is 1. The monoisotopic (exact) mass is 258 g/mol. The summed E-state index contributed by atoms with van der Waals surface area (Å²) in [5, 5.41) is 2.83. The molecule has 0 bridgehead atoms. The van der Waals surface area contributed by atoms with E-state index in [4.69, 9.17) is 0 Å². The number of amides is 2. The molecule has 1 N–H and O–H groups in total. The van der Waals surface area contributed by atoms with Crippen LogP contribution < -0.4 is 10.2 Å². The van der Waals surface area contributed by atoms with Crippen LogP contribution in [0, 0.1) is 0 Å². The van der Waals surface area contributed by atoms with Crippen LogP contribution in [-0.2, 0) is 9.59 Å². The van der Waals surface area contributed by atoms with E-state index in [2.05, 4.69) is 5.32 Å². The highest BCUT2D eigenvalue weighted by molar-refractivity contribution is 6.05. The highest BCUT2D eigenvalue weighted by atomic mass is 16.2. The maximum Gasteiger partial charge on any atom is 0.248 e. The highest BCUT2D eigenvalue weighted by Crippen LogP contribution is 2.29. The summed E-state index contributed by atoms with van der Waals surface area (Å²) in [5.41, 5.74) is 2.40. The largest absolute Gasteiger partial charge is 0.321 e. The van der Waals surface area contributed by atoms with Crippen LogP contribution in [0.1, 0.15) is 26.7 Å².